The standard InChI is InChI=1S/C27H20N2O5/c1-17(29-25(30)22-11-3-4-12-23(22)26(29)31)27(32)34-20-9-7-8-18(15-20)14-19(16-28)21-10-5-6-13-24(21)33-2/h3-15,17H,1-2H3/b19-14-. The Morgan fingerprint density at radius 1 is 0.971 bits per heavy atom. The van der Waals surface area contributed by atoms with Crippen molar-refractivity contribution in [3.05, 3.63) is 95.1 Å². The lowest BCUT2D eigenvalue weighted by Gasteiger charge is -2.20. The fourth-order valence-electron chi connectivity index (χ4n) is 3.74. The Morgan fingerprint density at radius 2 is 1.62 bits per heavy atom. The number of carbonyl (C=O) groups excluding carboxylic acids is 3. The Bertz CT molecular complexity index is 1330. The summed E-state index contributed by atoms with van der Waals surface area (Å²) >= 11 is 0. The molecule has 0 saturated carbocycles. The summed E-state index contributed by atoms with van der Waals surface area (Å²) < 4.78 is 10.8. The molecule has 168 valence electrons. The van der Waals surface area contributed by atoms with Crippen LogP contribution in [0.2, 0.25) is 0 Å². The van der Waals surface area contributed by atoms with Crippen molar-refractivity contribution in [1.29, 1.82) is 5.26 Å². The van der Waals surface area contributed by atoms with E-state index in [1.165, 1.54) is 14.0 Å². The number of esters is 1. The highest BCUT2D eigenvalue weighted by Gasteiger charge is 2.41. The van der Waals surface area contributed by atoms with Crippen LogP contribution in [0.1, 0.15) is 38.8 Å². The first-order valence-corrected chi connectivity index (χ1v) is 10.5. The van der Waals surface area contributed by atoms with E-state index in [9.17, 15) is 19.6 Å². The van der Waals surface area contributed by atoms with Crippen molar-refractivity contribution in [2.24, 2.45) is 0 Å². The van der Waals surface area contributed by atoms with Crippen molar-refractivity contribution in [2.45, 2.75) is 13.0 Å². The molecule has 1 aliphatic rings. The first-order chi connectivity index (χ1) is 16.4. The molecule has 1 aliphatic heterocycles. The first-order valence-electron chi connectivity index (χ1n) is 10.5. The summed E-state index contributed by atoms with van der Waals surface area (Å²) in [5.74, 6) is -1.03. The third-order valence-electron chi connectivity index (χ3n) is 5.46. The van der Waals surface area contributed by atoms with E-state index in [0.29, 0.717) is 22.4 Å². The van der Waals surface area contributed by atoms with Gasteiger partial charge in [0.1, 0.15) is 17.5 Å². The number of fused-ring (bicyclic) bond motifs is 1. The van der Waals surface area contributed by atoms with E-state index in [1.54, 1.807) is 66.7 Å². The number of ether oxygens (including phenoxy) is 2. The number of rotatable bonds is 6. The van der Waals surface area contributed by atoms with Crippen molar-refractivity contribution in [3.8, 4) is 17.6 Å². The van der Waals surface area contributed by atoms with E-state index in [2.05, 4.69) is 6.07 Å². The summed E-state index contributed by atoms with van der Waals surface area (Å²) in [7, 11) is 1.53. The Balaban J connectivity index is 1.54. The van der Waals surface area contributed by atoms with Gasteiger partial charge >= 0.3 is 5.97 Å². The second-order valence-corrected chi connectivity index (χ2v) is 7.57. The molecular weight excluding hydrogens is 432 g/mol. The minimum atomic E-state index is -1.12. The van der Waals surface area contributed by atoms with Crippen molar-refractivity contribution < 1.29 is 23.9 Å². The number of benzene rings is 3. The summed E-state index contributed by atoms with van der Waals surface area (Å²) in [6.45, 7) is 1.45. The molecular formula is C27H20N2O5. The van der Waals surface area contributed by atoms with E-state index in [0.717, 1.165) is 4.90 Å². The van der Waals surface area contributed by atoms with Crippen LogP contribution in [-0.4, -0.2) is 35.8 Å². The van der Waals surface area contributed by atoms with Crippen LogP contribution in [0.3, 0.4) is 0 Å². The minimum absolute atomic E-state index is 0.222. The fourth-order valence-corrected chi connectivity index (χ4v) is 3.74. The van der Waals surface area contributed by atoms with Crippen LogP contribution in [0.15, 0.2) is 72.8 Å². The molecule has 0 fully saturated rings. The van der Waals surface area contributed by atoms with Gasteiger partial charge in [-0.2, -0.15) is 5.26 Å². The summed E-state index contributed by atoms with van der Waals surface area (Å²) in [6.07, 6.45) is 1.66. The molecule has 0 aliphatic carbocycles. The molecule has 3 aromatic rings. The van der Waals surface area contributed by atoms with E-state index in [1.807, 2.05) is 12.1 Å². The molecule has 7 nitrogen and oxygen atoms in total. The molecule has 0 N–H and O–H groups in total. The van der Waals surface area contributed by atoms with Crippen LogP contribution in [0.5, 0.6) is 11.5 Å². The molecule has 2 amide bonds. The molecule has 0 spiro atoms. The fraction of sp³-hybridized carbons (Fsp3) is 0.111. The average molecular weight is 452 g/mol. The van der Waals surface area contributed by atoms with Gasteiger partial charge < -0.3 is 9.47 Å². The number of hydrogen-bond acceptors (Lipinski definition) is 6. The van der Waals surface area contributed by atoms with Crippen molar-refractivity contribution in [1.82, 2.24) is 4.90 Å². The zero-order chi connectivity index (χ0) is 24.2. The van der Waals surface area contributed by atoms with E-state index >= 15 is 0 Å². The number of hydrogen-bond donors (Lipinski definition) is 0. The lowest BCUT2D eigenvalue weighted by molar-refractivity contribution is -0.138. The van der Waals surface area contributed by atoms with Gasteiger partial charge in [-0.3, -0.25) is 14.5 Å². The van der Waals surface area contributed by atoms with Crippen molar-refractivity contribution in [2.75, 3.05) is 7.11 Å². The van der Waals surface area contributed by atoms with Gasteiger partial charge in [0.05, 0.1) is 29.9 Å². The van der Waals surface area contributed by atoms with E-state index in [4.69, 9.17) is 9.47 Å². The molecule has 0 saturated heterocycles. The Kier molecular flexibility index (Phi) is 6.24. The average Bonchev–Trinajstić information content (AvgIpc) is 3.12. The molecule has 4 rings (SSSR count). The van der Waals surface area contributed by atoms with Gasteiger partial charge in [0.15, 0.2) is 0 Å². The van der Waals surface area contributed by atoms with Gasteiger partial charge in [-0.1, -0.05) is 36.4 Å². The topological polar surface area (TPSA) is 96.7 Å². The molecule has 34 heavy (non-hydrogen) atoms. The van der Waals surface area contributed by atoms with Crippen LogP contribution in [0, 0.1) is 11.3 Å². The van der Waals surface area contributed by atoms with Crippen LogP contribution in [0.4, 0.5) is 0 Å². The molecule has 1 unspecified atom stereocenters. The molecule has 7 heteroatoms. The number of nitrogens with zero attached hydrogens (tertiary/aromatic N) is 2. The molecule has 1 atom stereocenters. The molecule has 0 bridgehead atoms. The van der Waals surface area contributed by atoms with Gasteiger partial charge in [0.2, 0.25) is 0 Å². The van der Waals surface area contributed by atoms with E-state index in [-0.39, 0.29) is 16.9 Å². The predicted molar refractivity (Wildman–Crippen MR) is 125 cm³/mol. The maximum atomic E-state index is 12.8. The second kappa shape index (κ2) is 9.43. The normalized spacial score (nSPS) is 13.8. The number of nitriles is 1. The highest BCUT2D eigenvalue weighted by atomic mass is 16.5. The molecule has 0 aromatic heterocycles. The molecule has 3 aromatic carbocycles. The first kappa shape index (κ1) is 22.5. The number of para-hydroxylation sites is 1. The zero-order valence-electron chi connectivity index (χ0n) is 18.5. The summed E-state index contributed by atoms with van der Waals surface area (Å²) in [4.78, 5) is 39.0. The monoisotopic (exact) mass is 452 g/mol. The Morgan fingerprint density at radius 3 is 2.26 bits per heavy atom. The highest BCUT2D eigenvalue weighted by molar-refractivity contribution is 6.22. The quantitative estimate of drug-likeness (QED) is 0.181. The van der Waals surface area contributed by atoms with E-state index < -0.39 is 23.8 Å². The Hall–Kier alpha value is -4.70. The third-order valence-corrected chi connectivity index (χ3v) is 5.46. The van der Waals surface area contributed by atoms with Gasteiger partial charge in [-0.25, -0.2) is 4.79 Å². The number of carbonyl (C=O) groups is 3. The maximum absolute atomic E-state index is 12.8. The zero-order valence-corrected chi connectivity index (χ0v) is 18.5. The predicted octanol–water partition coefficient (Wildman–Crippen LogP) is 4.35. The van der Waals surface area contributed by atoms with Gasteiger partial charge in [-0.05, 0) is 55.0 Å². The summed E-state index contributed by atoms with van der Waals surface area (Å²) in [6, 6.07) is 21.3. The number of amides is 2. The van der Waals surface area contributed by atoms with Crippen LogP contribution in [0.25, 0.3) is 11.6 Å². The number of allylic oxidation sites excluding steroid dienone is 1. The number of methoxy groups -OCH3 is 1. The van der Waals surface area contributed by atoms with Crippen LogP contribution >= 0.6 is 0 Å². The van der Waals surface area contributed by atoms with Crippen LogP contribution in [-0.2, 0) is 4.79 Å². The minimum Gasteiger partial charge on any atom is -0.496 e. The van der Waals surface area contributed by atoms with Crippen molar-refractivity contribution in [3.63, 3.8) is 0 Å². The second-order valence-electron chi connectivity index (χ2n) is 7.57. The highest BCUT2D eigenvalue weighted by Crippen LogP contribution is 2.28. The summed E-state index contributed by atoms with van der Waals surface area (Å²) in [5.41, 5.74) is 2.16. The van der Waals surface area contributed by atoms with Gasteiger partial charge in [0.25, 0.3) is 11.8 Å². The maximum Gasteiger partial charge on any atom is 0.334 e. The lowest BCUT2D eigenvalue weighted by Crippen LogP contribution is -2.44. The van der Waals surface area contributed by atoms with Gasteiger partial charge in [0, 0.05) is 5.56 Å². The van der Waals surface area contributed by atoms with Gasteiger partial charge in [-0.15, -0.1) is 0 Å². The van der Waals surface area contributed by atoms with Crippen molar-refractivity contribution >= 4 is 29.4 Å². The molecule has 0 radical (unpaired) electrons. The largest absolute Gasteiger partial charge is 0.496 e. The summed E-state index contributed by atoms with van der Waals surface area (Å²) in [5, 5.41) is 9.67. The van der Waals surface area contributed by atoms with Crippen LogP contribution < -0.4 is 9.47 Å². The lowest BCUT2D eigenvalue weighted by atomic mass is 10.0. The Labute approximate surface area is 196 Å². The smallest absolute Gasteiger partial charge is 0.334 e. The third kappa shape index (κ3) is 4.17. The molecule has 1 heterocycles. The SMILES string of the molecule is COc1ccccc1/C(C#N)=C\c1cccc(OC(=O)C(C)N2C(=O)c3ccccc3C2=O)c1. The number of imide groups is 1.